The number of rotatable bonds is 4. The topological polar surface area (TPSA) is 69.7 Å². The summed E-state index contributed by atoms with van der Waals surface area (Å²) < 4.78 is 27.4. The highest BCUT2D eigenvalue weighted by Gasteiger charge is 2.30. The predicted molar refractivity (Wildman–Crippen MR) is 122 cm³/mol. The van der Waals surface area contributed by atoms with Gasteiger partial charge >= 0.3 is 0 Å². The maximum absolute atomic E-state index is 13.0. The fraction of sp³-hybridized carbons (Fsp3) is 0.409. The fourth-order valence-electron chi connectivity index (χ4n) is 3.26. The van der Waals surface area contributed by atoms with Crippen LogP contribution in [-0.2, 0) is 14.8 Å². The molecule has 2 aromatic carbocycles. The molecule has 0 aliphatic carbocycles. The van der Waals surface area contributed by atoms with Crippen molar-refractivity contribution in [3.8, 4) is 0 Å². The van der Waals surface area contributed by atoms with Crippen molar-refractivity contribution in [2.24, 2.45) is 5.41 Å². The highest BCUT2D eigenvalue weighted by Crippen LogP contribution is 2.36. The van der Waals surface area contributed by atoms with Gasteiger partial charge in [-0.15, -0.1) is 0 Å². The minimum atomic E-state index is -3.54. The first kappa shape index (κ1) is 22.6. The van der Waals surface area contributed by atoms with Crippen molar-refractivity contribution in [1.82, 2.24) is 4.31 Å². The molecule has 0 saturated carbocycles. The van der Waals surface area contributed by atoms with Crippen molar-refractivity contribution in [3.05, 3.63) is 53.1 Å². The number of hydrogen-bond donors (Lipinski definition) is 1. The summed E-state index contributed by atoms with van der Waals surface area (Å²) in [6, 6.07) is 12.3. The molecule has 1 fully saturated rings. The minimum Gasteiger partial charge on any atom is -0.366 e. The van der Waals surface area contributed by atoms with E-state index < -0.39 is 15.4 Å². The molecule has 162 valence electrons. The van der Waals surface area contributed by atoms with Gasteiger partial charge in [0.2, 0.25) is 15.9 Å². The lowest BCUT2D eigenvalue weighted by Crippen LogP contribution is -2.49. The number of halogens is 1. The zero-order valence-electron chi connectivity index (χ0n) is 17.8. The van der Waals surface area contributed by atoms with Crippen molar-refractivity contribution in [2.75, 3.05) is 36.4 Å². The number of nitrogens with one attached hydrogen (secondary N) is 1. The minimum absolute atomic E-state index is 0.105. The van der Waals surface area contributed by atoms with Gasteiger partial charge < -0.3 is 10.2 Å². The molecule has 6 nitrogen and oxygen atoms in total. The van der Waals surface area contributed by atoms with Crippen LogP contribution in [0.15, 0.2) is 47.4 Å². The Labute approximate surface area is 183 Å². The normalized spacial score (nSPS) is 15.8. The lowest BCUT2D eigenvalue weighted by molar-refractivity contribution is -0.123. The van der Waals surface area contributed by atoms with Crippen molar-refractivity contribution >= 4 is 38.9 Å². The number of para-hydroxylation sites is 1. The Kier molecular flexibility index (Phi) is 6.45. The molecule has 3 rings (SSSR count). The third-order valence-corrected chi connectivity index (χ3v) is 7.35. The molecule has 30 heavy (non-hydrogen) atoms. The number of nitrogens with zero attached hydrogens (tertiary/aromatic N) is 2. The Morgan fingerprint density at radius 2 is 1.60 bits per heavy atom. The van der Waals surface area contributed by atoms with Gasteiger partial charge in [-0.05, 0) is 31.2 Å². The van der Waals surface area contributed by atoms with E-state index in [1.165, 1.54) is 4.31 Å². The van der Waals surface area contributed by atoms with Gasteiger partial charge in [0.05, 0.1) is 21.3 Å². The van der Waals surface area contributed by atoms with Crippen LogP contribution in [0.25, 0.3) is 0 Å². The van der Waals surface area contributed by atoms with Crippen LogP contribution in [0.3, 0.4) is 0 Å². The van der Waals surface area contributed by atoms with Crippen molar-refractivity contribution in [1.29, 1.82) is 0 Å². The lowest BCUT2D eigenvalue weighted by Gasteiger charge is -2.37. The Morgan fingerprint density at radius 3 is 2.17 bits per heavy atom. The molecular weight excluding hydrogens is 422 g/mol. The van der Waals surface area contributed by atoms with Gasteiger partial charge in [0.25, 0.3) is 0 Å². The second-order valence-corrected chi connectivity index (χ2v) is 10.9. The molecule has 2 aromatic rings. The van der Waals surface area contributed by atoms with Crippen LogP contribution >= 0.6 is 11.6 Å². The largest absolute Gasteiger partial charge is 0.366 e. The number of hydrogen-bond acceptors (Lipinski definition) is 4. The van der Waals surface area contributed by atoms with Crippen molar-refractivity contribution in [3.63, 3.8) is 0 Å². The summed E-state index contributed by atoms with van der Waals surface area (Å²) in [5.74, 6) is -0.105. The lowest BCUT2D eigenvalue weighted by atomic mass is 9.95. The number of carbonyl (C=O) groups is 1. The van der Waals surface area contributed by atoms with Gasteiger partial charge in [0.15, 0.2) is 0 Å². The summed E-state index contributed by atoms with van der Waals surface area (Å²) in [6.07, 6.45) is 0. The molecule has 1 heterocycles. The van der Waals surface area contributed by atoms with Crippen LogP contribution in [0.5, 0.6) is 0 Å². The first-order valence-corrected chi connectivity index (χ1v) is 11.7. The SMILES string of the molecule is Cc1ccc(S(=O)(=O)N2CCN(c3c(Cl)cccc3NC(=O)C(C)(C)C)CC2)cc1. The van der Waals surface area contributed by atoms with Crippen LogP contribution < -0.4 is 10.2 Å². The molecule has 0 spiro atoms. The Bertz CT molecular complexity index is 1020. The molecule has 0 bridgehead atoms. The molecule has 1 aliphatic rings. The van der Waals surface area contributed by atoms with E-state index >= 15 is 0 Å². The van der Waals surface area contributed by atoms with Gasteiger partial charge in [0, 0.05) is 31.6 Å². The summed E-state index contributed by atoms with van der Waals surface area (Å²) in [7, 11) is -3.54. The third kappa shape index (κ3) is 4.79. The van der Waals surface area contributed by atoms with Gasteiger partial charge in [-0.1, -0.05) is 56.1 Å². The van der Waals surface area contributed by atoms with E-state index in [1.54, 1.807) is 36.4 Å². The van der Waals surface area contributed by atoms with Crippen LogP contribution in [0.2, 0.25) is 5.02 Å². The Balaban J connectivity index is 1.78. The second-order valence-electron chi connectivity index (χ2n) is 8.54. The van der Waals surface area contributed by atoms with E-state index in [-0.39, 0.29) is 5.91 Å². The van der Waals surface area contributed by atoms with E-state index in [0.29, 0.717) is 41.8 Å². The van der Waals surface area contributed by atoms with E-state index in [9.17, 15) is 13.2 Å². The van der Waals surface area contributed by atoms with Crippen molar-refractivity contribution < 1.29 is 13.2 Å². The highest BCUT2D eigenvalue weighted by atomic mass is 35.5. The molecule has 8 heteroatoms. The maximum Gasteiger partial charge on any atom is 0.243 e. The Hall–Kier alpha value is -2.09. The standard InChI is InChI=1S/C22H28ClN3O3S/c1-16-8-10-17(11-9-16)30(28,29)26-14-12-25(13-15-26)20-18(23)6-5-7-19(20)24-21(27)22(2,3)4/h5-11H,12-15H2,1-4H3,(H,24,27). The monoisotopic (exact) mass is 449 g/mol. The molecular formula is C22H28ClN3O3S. The number of sulfonamides is 1. The fourth-order valence-corrected chi connectivity index (χ4v) is 4.98. The van der Waals surface area contributed by atoms with Gasteiger partial charge in [-0.3, -0.25) is 4.79 Å². The quantitative estimate of drug-likeness (QED) is 0.761. The number of benzene rings is 2. The summed E-state index contributed by atoms with van der Waals surface area (Å²) in [5.41, 5.74) is 1.84. The predicted octanol–water partition coefficient (Wildman–Crippen LogP) is 4.14. The summed E-state index contributed by atoms with van der Waals surface area (Å²) in [6.45, 7) is 9.11. The van der Waals surface area contributed by atoms with E-state index in [1.807, 2.05) is 38.7 Å². The first-order valence-electron chi connectivity index (χ1n) is 9.92. The van der Waals surface area contributed by atoms with Crippen LogP contribution in [0.4, 0.5) is 11.4 Å². The summed E-state index contributed by atoms with van der Waals surface area (Å²) in [5, 5.41) is 3.49. The number of anilines is 2. The average Bonchev–Trinajstić information content (AvgIpc) is 2.68. The van der Waals surface area contributed by atoms with E-state index in [0.717, 1.165) is 11.3 Å². The zero-order valence-corrected chi connectivity index (χ0v) is 19.3. The van der Waals surface area contributed by atoms with Crippen LogP contribution in [0.1, 0.15) is 26.3 Å². The van der Waals surface area contributed by atoms with Gasteiger partial charge in [0.1, 0.15) is 0 Å². The third-order valence-electron chi connectivity index (χ3n) is 5.13. The molecule has 1 amide bonds. The molecule has 1 N–H and O–H groups in total. The molecule has 1 aliphatic heterocycles. The van der Waals surface area contributed by atoms with E-state index in [2.05, 4.69) is 5.32 Å². The average molecular weight is 450 g/mol. The number of amides is 1. The molecule has 0 unspecified atom stereocenters. The molecule has 0 aromatic heterocycles. The highest BCUT2D eigenvalue weighted by molar-refractivity contribution is 7.89. The number of carbonyl (C=O) groups excluding carboxylic acids is 1. The zero-order chi connectivity index (χ0) is 22.1. The number of piperazine rings is 1. The second kappa shape index (κ2) is 8.57. The van der Waals surface area contributed by atoms with Crippen LogP contribution in [0, 0.1) is 12.3 Å². The molecule has 0 radical (unpaired) electrons. The number of aryl methyl sites for hydroxylation is 1. The van der Waals surface area contributed by atoms with Crippen molar-refractivity contribution in [2.45, 2.75) is 32.6 Å². The summed E-state index contributed by atoms with van der Waals surface area (Å²) in [4.78, 5) is 14.8. The maximum atomic E-state index is 13.0. The van der Waals surface area contributed by atoms with Crippen LogP contribution in [-0.4, -0.2) is 44.8 Å². The Morgan fingerprint density at radius 1 is 1.00 bits per heavy atom. The molecule has 1 saturated heterocycles. The van der Waals surface area contributed by atoms with Gasteiger partial charge in [-0.25, -0.2) is 8.42 Å². The summed E-state index contributed by atoms with van der Waals surface area (Å²) >= 11 is 6.47. The molecule has 0 atom stereocenters. The van der Waals surface area contributed by atoms with E-state index in [4.69, 9.17) is 11.6 Å². The van der Waals surface area contributed by atoms with Gasteiger partial charge in [-0.2, -0.15) is 4.31 Å². The smallest absolute Gasteiger partial charge is 0.243 e. The first-order chi connectivity index (χ1) is 14.0.